The Hall–Kier alpha value is -0.780. The van der Waals surface area contributed by atoms with E-state index in [0.29, 0.717) is 0 Å². The van der Waals surface area contributed by atoms with Crippen molar-refractivity contribution in [1.82, 2.24) is 0 Å². The first-order valence-corrected chi connectivity index (χ1v) is 7.69. The van der Waals surface area contributed by atoms with Crippen molar-refractivity contribution < 1.29 is 30.7 Å². The Morgan fingerprint density at radius 2 is 2.25 bits per heavy atom. The van der Waals surface area contributed by atoms with Crippen LogP contribution in [0.3, 0.4) is 0 Å². The molecule has 3 nitrogen and oxygen atoms in total. The van der Waals surface area contributed by atoms with Crippen LogP contribution in [-0.4, -0.2) is 12.1 Å². The van der Waals surface area contributed by atoms with E-state index in [1.807, 2.05) is 19.1 Å². The number of allylic oxidation sites excluding steroid dienone is 1. The van der Waals surface area contributed by atoms with Crippen molar-refractivity contribution in [2.75, 3.05) is 0 Å². The molecule has 0 amide bonds. The van der Waals surface area contributed by atoms with Gasteiger partial charge in [0.25, 0.3) is 0 Å². The van der Waals surface area contributed by atoms with Crippen LogP contribution < -0.4 is 26.9 Å². The van der Waals surface area contributed by atoms with Crippen LogP contribution in [0.25, 0.3) is 0 Å². The monoisotopic (exact) mass is 330 g/mol. The van der Waals surface area contributed by atoms with E-state index in [9.17, 15) is 4.79 Å². The van der Waals surface area contributed by atoms with Crippen LogP contribution in [0.1, 0.15) is 19.8 Å². The summed E-state index contributed by atoms with van der Waals surface area (Å²) in [6.07, 6.45) is 6.00. The Bertz CT molecular complexity index is 458. The van der Waals surface area contributed by atoms with Crippen LogP contribution in [0.4, 0.5) is 0 Å². The van der Waals surface area contributed by atoms with Gasteiger partial charge in [-0.05, 0) is 0 Å². The van der Waals surface area contributed by atoms with Gasteiger partial charge in [-0.15, -0.1) is 0 Å². The minimum absolute atomic E-state index is 0.0413. The molecule has 4 heteroatoms. The third-order valence-corrected chi connectivity index (χ3v) is 6.78. The van der Waals surface area contributed by atoms with E-state index < -0.39 is 0 Å². The van der Waals surface area contributed by atoms with Crippen LogP contribution in [0.15, 0.2) is 31.1 Å². The third-order valence-electron chi connectivity index (χ3n) is 3.48. The number of carbonyl (C=O) groups is 1. The summed E-state index contributed by atoms with van der Waals surface area (Å²) in [7, 11) is 0. The van der Waals surface area contributed by atoms with E-state index in [1.165, 1.54) is 3.58 Å². The number of hydrogen-bond acceptors (Lipinski definition) is 3. The molecule has 2 aliphatic heterocycles. The molecule has 0 radical (unpaired) electrons. The molecular formula is C12H13INO2-. The number of cyclic esters (lactones) is 1. The summed E-state index contributed by atoms with van der Waals surface area (Å²) in [5, 5.41) is 0. The maximum atomic E-state index is 11.8. The third kappa shape index (κ3) is 1.35. The molecule has 2 heterocycles. The Kier molecular flexibility index (Phi) is 2.18. The average molecular weight is 330 g/mol. The summed E-state index contributed by atoms with van der Waals surface area (Å²) in [5.74, 6) is -0.168. The molecular weight excluding hydrogens is 317 g/mol. The Balaban J connectivity index is 2.11. The topological polar surface area (TPSA) is 52.3 Å². The zero-order valence-corrected chi connectivity index (χ0v) is 11.2. The van der Waals surface area contributed by atoms with Gasteiger partial charge in [0.05, 0.1) is 0 Å². The first kappa shape index (κ1) is 10.4. The Labute approximate surface area is 105 Å². The van der Waals surface area contributed by atoms with Crippen molar-refractivity contribution in [2.45, 2.75) is 25.9 Å². The normalized spacial score (nSPS) is 31.2. The minimum atomic E-state index is -0.267. The number of hydrogen-bond donors (Lipinski definition) is 1. The number of ether oxygens (including phenoxy) is 1. The number of nitrogens with two attached hydrogens (primary N) is 1. The second kappa shape index (κ2) is 3.35. The zero-order chi connectivity index (χ0) is 11.3. The van der Waals surface area contributed by atoms with Gasteiger partial charge in [-0.2, -0.15) is 0 Å². The fourth-order valence-electron chi connectivity index (χ4n) is 2.28. The van der Waals surface area contributed by atoms with Crippen molar-refractivity contribution in [3.05, 3.63) is 31.1 Å². The zero-order valence-electron chi connectivity index (χ0n) is 9.00. The molecule has 0 aromatic carbocycles. The van der Waals surface area contributed by atoms with Crippen molar-refractivity contribution in [3.63, 3.8) is 0 Å². The summed E-state index contributed by atoms with van der Waals surface area (Å²) in [5.41, 5.74) is 7.52. The van der Waals surface area contributed by atoms with Gasteiger partial charge in [-0.1, -0.05) is 0 Å². The van der Waals surface area contributed by atoms with Crippen LogP contribution in [0.2, 0.25) is 0 Å². The summed E-state index contributed by atoms with van der Waals surface area (Å²) >= 11 is -0.267. The number of carbonyl (C=O) groups excluding carboxylic acids is 1. The van der Waals surface area contributed by atoms with E-state index >= 15 is 0 Å². The molecule has 16 heavy (non-hydrogen) atoms. The van der Waals surface area contributed by atoms with Gasteiger partial charge in [0, 0.05) is 0 Å². The first-order chi connectivity index (χ1) is 7.63. The van der Waals surface area contributed by atoms with Gasteiger partial charge in [0.15, 0.2) is 0 Å². The summed E-state index contributed by atoms with van der Waals surface area (Å²) < 4.78 is 8.87. The number of esters is 1. The number of fused-ring (bicyclic) bond motifs is 1. The fourth-order valence-corrected chi connectivity index (χ4v) is 5.49. The molecule has 0 aromatic rings. The van der Waals surface area contributed by atoms with Gasteiger partial charge < -0.3 is 0 Å². The molecule has 3 rings (SSSR count). The maximum absolute atomic E-state index is 11.8. The van der Waals surface area contributed by atoms with E-state index in [2.05, 4.69) is 4.08 Å². The van der Waals surface area contributed by atoms with Crippen LogP contribution in [0, 0.1) is 5.41 Å². The molecule has 1 spiro atoms. The molecule has 0 bridgehead atoms. The molecule has 2 N–H and O–H groups in total. The summed E-state index contributed by atoms with van der Waals surface area (Å²) in [4.78, 5) is 11.8. The Morgan fingerprint density at radius 3 is 2.94 bits per heavy atom. The van der Waals surface area contributed by atoms with Crippen molar-refractivity contribution in [2.24, 2.45) is 11.1 Å². The van der Waals surface area contributed by atoms with E-state index in [1.54, 1.807) is 0 Å². The molecule has 1 atom stereocenters. The van der Waals surface area contributed by atoms with Gasteiger partial charge in [-0.3, -0.25) is 0 Å². The van der Waals surface area contributed by atoms with Gasteiger partial charge in [0.1, 0.15) is 0 Å². The summed E-state index contributed by atoms with van der Waals surface area (Å²) in [6.45, 7) is 2.01. The van der Waals surface area contributed by atoms with Crippen LogP contribution in [-0.2, 0) is 9.53 Å². The quantitative estimate of drug-likeness (QED) is 0.431. The van der Waals surface area contributed by atoms with Crippen molar-refractivity contribution in [1.29, 1.82) is 0 Å². The molecule has 1 fully saturated rings. The van der Waals surface area contributed by atoms with Crippen molar-refractivity contribution in [3.8, 4) is 0 Å². The fraction of sp³-hybridized carbons (Fsp3) is 0.417. The predicted octanol–water partition coefficient (Wildman–Crippen LogP) is -1.58. The molecule has 0 saturated heterocycles. The number of halogens is 1. The molecule has 0 unspecified atom stereocenters. The molecule has 1 saturated carbocycles. The molecule has 3 aliphatic rings. The second-order valence-electron chi connectivity index (χ2n) is 4.48. The van der Waals surface area contributed by atoms with Crippen LogP contribution in [0.5, 0.6) is 0 Å². The second-order valence-corrected chi connectivity index (χ2v) is 6.81. The SMILES string of the molecule is C[C@H]1OC(=O)C2=C([I-]C=C(N)C=C2)C12CC2. The van der Waals surface area contributed by atoms with E-state index in [0.717, 1.165) is 24.1 Å². The average Bonchev–Trinajstić information content (AvgIpc) is 3.00. The van der Waals surface area contributed by atoms with Gasteiger partial charge in [-0.25, -0.2) is 0 Å². The molecule has 0 aromatic heterocycles. The van der Waals surface area contributed by atoms with Gasteiger partial charge in [0.2, 0.25) is 0 Å². The van der Waals surface area contributed by atoms with E-state index in [-0.39, 0.29) is 38.7 Å². The Morgan fingerprint density at radius 1 is 1.50 bits per heavy atom. The summed E-state index contributed by atoms with van der Waals surface area (Å²) in [6, 6.07) is 0. The number of rotatable bonds is 0. The standard InChI is InChI=1S/C12H13INO2/c1-7-12(4-5-12)10-9(11(15)16-7)3-2-8(14)6-13-10/h2-3,6-7H,4-5,14H2,1H3/q-1/t7-/m1/s1. The van der Waals surface area contributed by atoms with Crippen LogP contribution >= 0.6 is 0 Å². The van der Waals surface area contributed by atoms with E-state index in [4.69, 9.17) is 10.5 Å². The van der Waals surface area contributed by atoms with Crippen molar-refractivity contribution >= 4 is 5.97 Å². The first-order valence-electron chi connectivity index (χ1n) is 5.36. The molecule has 1 aliphatic carbocycles. The molecule has 86 valence electrons. The predicted molar refractivity (Wildman–Crippen MR) is 55.7 cm³/mol. The van der Waals surface area contributed by atoms with Gasteiger partial charge >= 0.3 is 105 Å².